The van der Waals surface area contributed by atoms with Crippen LogP contribution in [0.25, 0.3) is 0 Å². The second-order valence-corrected chi connectivity index (χ2v) is 7.74. The minimum absolute atomic E-state index is 0. The van der Waals surface area contributed by atoms with E-state index in [2.05, 4.69) is 29.8 Å². The Balaban J connectivity index is -0.000000112. The second-order valence-electron chi connectivity index (χ2n) is 6.34. The minimum Gasteiger partial charge on any atom is -0.852 e. The van der Waals surface area contributed by atoms with Gasteiger partial charge in [0.05, 0.1) is 0 Å². The predicted octanol–water partition coefficient (Wildman–Crippen LogP) is 3.26. The molecule has 3 atom stereocenters. The van der Waals surface area contributed by atoms with Gasteiger partial charge in [0.15, 0.2) is 0 Å². The predicted molar refractivity (Wildman–Crippen MR) is 96.2 cm³/mol. The number of hydrogen-bond donors (Lipinski definition) is 0. The van der Waals surface area contributed by atoms with Crippen LogP contribution in [0.3, 0.4) is 0 Å². The molecule has 0 amide bonds. The fraction of sp³-hybridized carbons (Fsp3) is 1.00. The molecule has 0 spiro atoms. The van der Waals surface area contributed by atoms with Crippen molar-refractivity contribution >= 4 is 17.8 Å². The molecule has 0 aromatic rings. The van der Waals surface area contributed by atoms with E-state index >= 15 is 0 Å². The van der Waals surface area contributed by atoms with E-state index in [0.29, 0.717) is 5.41 Å². The van der Waals surface area contributed by atoms with Gasteiger partial charge in [-0.3, -0.25) is 0 Å². The summed E-state index contributed by atoms with van der Waals surface area (Å²) in [7, 11) is 3.59. The van der Waals surface area contributed by atoms with E-state index in [9.17, 15) is 10.2 Å². The Morgan fingerprint density at radius 2 is 1.38 bits per heavy atom. The fourth-order valence-electron chi connectivity index (χ4n) is 1.94. The molecule has 3 unspecified atom stereocenters. The Kier molecular flexibility index (Phi) is 28.3. The molecule has 0 aromatic carbocycles. The SMILES string of the molecule is CC(C)[O-].CC(C)[O-].CP.CPC1CCCC(C)(C)C1.[Ti+2]. The van der Waals surface area contributed by atoms with E-state index in [1.54, 1.807) is 27.7 Å². The molecule has 21 heavy (non-hydrogen) atoms. The maximum absolute atomic E-state index is 9.53. The van der Waals surface area contributed by atoms with E-state index in [1.807, 2.05) is 6.66 Å². The van der Waals surface area contributed by atoms with E-state index in [1.165, 1.54) is 34.3 Å². The van der Waals surface area contributed by atoms with E-state index in [4.69, 9.17) is 0 Å². The summed E-state index contributed by atoms with van der Waals surface area (Å²) in [5.74, 6) is 0. The summed E-state index contributed by atoms with van der Waals surface area (Å²) in [6, 6.07) is 0. The van der Waals surface area contributed by atoms with Gasteiger partial charge in [0, 0.05) is 0 Å². The standard InChI is InChI=1S/C9H19P.2C3H7O.CH5P.Ti/c1-9(2)6-4-5-8(7-9)10-3;2*1-3(2)4;1-2;/h8,10H,4-7H2,1-3H3;2*3H,1-2H3;2H2,1H3;/q;2*-1;;+2. The van der Waals surface area contributed by atoms with Crippen molar-refractivity contribution in [3.63, 3.8) is 0 Å². The third-order valence-electron chi connectivity index (χ3n) is 2.61. The van der Waals surface area contributed by atoms with Crippen LogP contribution < -0.4 is 10.2 Å². The Bertz CT molecular complexity index is 178. The van der Waals surface area contributed by atoms with Crippen molar-refractivity contribution in [2.45, 2.75) is 85.1 Å². The smallest absolute Gasteiger partial charge is 0.852 e. The Morgan fingerprint density at radius 3 is 1.57 bits per heavy atom. The van der Waals surface area contributed by atoms with Gasteiger partial charge in [-0.1, -0.05) is 54.6 Å². The van der Waals surface area contributed by atoms with Crippen molar-refractivity contribution in [3.05, 3.63) is 0 Å². The molecule has 1 saturated carbocycles. The van der Waals surface area contributed by atoms with Gasteiger partial charge >= 0.3 is 21.7 Å². The van der Waals surface area contributed by atoms with Gasteiger partial charge in [-0.25, -0.2) is 0 Å². The molecule has 1 aliphatic carbocycles. The van der Waals surface area contributed by atoms with Crippen LogP contribution in [-0.4, -0.2) is 31.2 Å². The van der Waals surface area contributed by atoms with Gasteiger partial charge in [0.2, 0.25) is 0 Å². The first-order valence-electron chi connectivity index (χ1n) is 7.67. The Hall–Kier alpha value is 1.49. The molecular weight excluding hydrogens is 334 g/mol. The molecule has 0 aromatic heterocycles. The number of rotatable bonds is 1. The van der Waals surface area contributed by atoms with Crippen molar-refractivity contribution in [2.75, 3.05) is 13.3 Å². The van der Waals surface area contributed by atoms with Crippen LogP contribution >= 0.6 is 17.8 Å². The van der Waals surface area contributed by atoms with Crippen molar-refractivity contribution < 1.29 is 31.9 Å². The Morgan fingerprint density at radius 1 is 1.05 bits per heavy atom. The third-order valence-corrected chi connectivity index (χ3v) is 3.92. The molecule has 0 N–H and O–H groups in total. The normalized spacial score (nSPS) is 19.6. The number of hydrogen-bond acceptors (Lipinski definition) is 2. The third kappa shape index (κ3) is 34.0. The van der Waals surface area contributed by atoms with Crippen LogP contribution in [0.1, 0.15) is 67.2 Å². The van der Waals surface area contributed by atoms with E-state index in [-0.39, 0.29) is 21.7 Å². The quantitative estimate of drug-likeness (QED) is 0.524. The fourth-order valence-corrected chi connectivity index (χ4v) is 3.19. The van der Waals surface area contributed by atoms with Gasteiger partial charge in [-0.05, 0) is 37.0 Å². The van der Waals surface area contributed by atoms with Gasteiger partial charge in [0.25, 0.3) is 0 Å². The molecule has 0 aliphatic heterocycles. The molecular formula is C16H38O2P2Ti. The topological polar surface area (TPSA) is 46.1 Å². The van der Waals surface area contributed by atoms with Crippen LogP contribution in [0, 0.1) is 5.41 Å². The zero-order valence-electron chi connectivity index (χ0n) is 15.5. The maximum Gasteiger partial charge on any atom is 2.00 e. The van der Waals surface area contributed by atoms with E-state index < -0.39 is 12.2 Å². The molecule has 0 saturated heterocycles. The summed E-state index contributed by atoms with van der Waals surface area (Å²) in [5.41, 5.74) is 1.72. The van der Waals surface area contributed by atoms with Crippen molar-refractivity contribution in [1.82, 2.24) is 0 Å². The molecule has 0 radical (unpaired) electrons. The zero-order valence-corrected chi connectivity index (χ0v) is 19.2. The summed E-state index contributed by atoms with van der Waals surface area (Å²) in [6.07, 6.45) is 5.06. The monoisotopic (exact) mass is 372 g/mol. The average molecular weight is 372 g/mol. The van der Waals surface area contributed by atoms with Crippen molar-refractivity contribution in [1.29, 1.82) is 0 Å². The summed E-state index contributed by atoms with van der Waals surface area (Å²) in [6.45, 7) is 15.5. The van der Waals surface area contributed by atoms with Gasteiger partial charge in [-0.2, -0.15) is 0 Å². The maximum atomic E-state index is 9.53. The molecule has 5 heteroatoms. The molecule has 0 heterocycles. The summed E-state index contributed by atoms with van der Waals surface area (Å²) >= 11 is 0. The van der Waals surface area contributed by atoms with Gasteiger partial charge < -0.3 is 10.2 Å². The van der Waals surface area contributed by atoms with Crippen molar-refractivity contribution in [3.8, 4) is 0 Å². The van der Waals surface area contributed by atoms with Gasteiger partial charge in [0.1, 0.15) is 0 Å². The zero-order chi connectivity index (χ0) is 16.8. The molecule has 2 nitrogen and oxygen atoms in total. The van der Waals surface area contributed by atoms with Crippen LogP contribution in [0.15, 0.2) is 0 Å². The molecule has 0 bridgehead atoms. The van der Waals surface area contributed by atoms with Crippen LogP contribution in [0.2, 0.25) is 0 Å². The van der Waals surface area contributed by atoms with Crippen LogP contribution in [-0.2, 0) is 21.7 Å². The minimum atomic E-state index is -0.417. The molecule has 128 valence electrons. The van der Waals surface area contributed by atoms with E-state index in [0.717, 1.165) is 5.66 Å². The molecule has 1 rings (SSSR count). The van der Waals surface area contributed by atoms with Gasteiger partial charge in [-0.15, -0.1) is 30.0 Å². The first-order chi connectivity index (χ1) is 9.10. The average Bonchev–Trinajstić information content (AvgIpc) is 2.29. The van der Waals surface area contributed by atoms with Crippen LogP contribution in [0.4, 0.5) is 0 Å². The second kappa shape index (κ2) is 19.5. The summed E-state index contributed by atoms with van der Waals surface area (Å²) in [4.78, 5) is 0. The Labute approximate surface area is 153 Å². The van der Waals surface area contributed by atoms with Crippen LogP contribution in [0.5, 0.6) is 0 Å². The largest absolute Gasteiger partial charge is 2.00 e. The first kappa shape index (κ1) is 30.4. The summed E-state index contributed by atoms with van der Waals surface area (Å²) in [5, 5.41) is 19.1. The molecule has 1 aliphatic rings. The van der Waals surface area contributed by atoms with Crippen molar-refractivity contribution in [2.24, 2.45) is 5.41 Å². The molecule has 1 fully saturated rings. The first-order valence-corrected chi connectivity index (χ1v) is 10.4. The summed E-state index contributed by atoms with van der Waals surface area (Å²) < 4.78 is 0.